The average Bonchev–Trinajstić information content (AvgIpc) is 2.38. The van der Waals surface area contributed by atoms with Crippen LogP contribution in [0.4, 0.5) is 0 Å². The maximum atomic E-state index is 12.5. The molecule has 0 unspecified atom stereocenters. The second kappa shape index (κ2) is 6.10. The predicted molar refractivity (Wildman–Crippen MR) is 73.0 cm³/mol. The zero-order valence-corrected chi connectivity index (χ0v) is 11.5. The molecule has 2 saturated heterocycles. The first-order valence-electron chi connectivity index (χ1n) is 6.82. The number of amides is 1. The number of nitrogens with two attached hydrogens (primary N) is 1. The third-order valence-electron chi connectivity index (χ3n) is 4.21. The van der Waals surface area contributed by atoms with E-state index in [0.717, 1.165) is 37.3 Å². The summed E-state index contributed by atoms with van der Waals surface area (Å²) >= 11 is 1.97. The Labute approximate surface area is 108 Å². The zero-order chi connectivity index (χ0) is 12.3. The van der Waals surface area contributed by atoms with Gasteiger partial charge in [0.15, 0.2) is 0 Å². The lowest BCUT2D eigenvalue weighted by Gasteiger charge is -2.41. The summed E-state index contributed by atoms with van der Waals surface area (Å²) < 4.78 is 0. The van der Waals surface area contributed by atoms with Crippen molar-refractivity contribution in [3.05, 3.63) is 0 Å². The van der Waals surface area contributed by atoms with Crippen LogP contribution in [0.15, 0.2) is 0 Å². The minimum Gasteiger partial charge on any atom is -0.338 e. The lowest BCUT2D eigenvalue weighted by molar-refractivity contribution is -0.140. The van der Waals surface area contributed by atoms with Crippen molar-refractivity contribution >= 4 is 17.7 Å². The third kappa shape index (κ3) is 2.97. The number of piperidine rings is 1. The van der Waals surface area contributed by atoms with Gasteiger partial charge < -0.3 is 10.6 Å². The maximum absolute atomic E-state index is 12.5. The normalized spacial score (nSPS) is 31.5. The Kier molecular flexibility index (Phi) is 4.74. The van der Waals surface area contributed by atoms with Gasteiger partial charge in [-0.1, -0.05) is 6.92 Å². The van der Waals surface area contributed by atoms with Gasteiger partial charge in [-0.2, -0.15) is 11.8 Å². The Morgan fingerprint density at radius 3 is 2.71 bits per heavy atom. The number of carbonyl (C=O) groups is 1. The van der Waals surface area contributed by atoms with E-state index in [9.17, 15) is 4.79 Å². The minimum absolute atomic E-state index is 0.274. The molecule has 2 rings (SSSR count). The molecule has 4 heteroatoms. The van der Waals surface area contributed by atoms with Gasteiger partial charge in [0, 0.05) is 25.0 Å². The predicted octanol–water partition coefficient (Wildman–Crippen LogP) is 1.72. The number of hydrogen-bond donors (Lipinski definition) is 1. The zero-order valence-electron chi connectivity index (χ0n) is 10.7. The highest BCUT2D eigenvalue weighted by atomic mass is 32.2. The molecular weight excluding hydrogens is 232 g/mol. The van der Waals surface area contributed by atoms with Gasteiger partial charge in [-0.3, -0.25) is 4.79 Å². The van der Waals surface area contributed by atoms with Gasteiger partial charge in [-0.05, 0) is 43.1 Å². The summed E-state index contributed by atoms with van der Waals surface area (Å²) in [7, 11) is 0. The topological polar surface area (TPSA) is 46.3 Å². The van der Waals surface area contributed by atoms with Gasteiger partial charge >= 0.3 is 0 Å². The van der Waals surface area contributed by atoms with Crippen molar-refractivity contribution in [1.82, 2.24) is 4.90 Å². The molecule has 0 bridgehead atoms. The fourth-order valence-corrected chi connectivity index (χ4v) is 4.17. The molecule has 0 radical (unpaired) electrons. The van der Waals surface area contributed by atoms with Crippen LogP contribution in [-0.2, 0) is 4.79 Å². The van der Waals surface area contributed by atoms with Crippen LogP contribution in [0.3, 0.4) is 0 Å². The number of thioether (sulfide) groups is 1. The van der Waals surface area contributed by atoms with E-state index in [1.54, 1.807) is 0 Å². The molecule has 0 aromatic heterocycles. The largest absolute Gasteiger partial charge is 0.338 e. The summed E-state index contributed by atoms with van der Waals surface area (Å²) in [6, 6.07) is 0.283. The summed E-state index contributed by atoms with van der Waals surface area (Å²) in [4.78, 5) is 14.6. The second-order valence-electron chi connectivity index (χ2n) is 5.34. The maximum Gasteiger partial charge on any atom is 0.226 e. The Hall–Kier alpha value is -0.220. The lowest BCUT2D eigenvalue weighted by atomic mass is 9.89. The van der Waals surface area contributed by atoms with Crippen molar-refractivity contribution in [2.75, 3.05) is 24.6 Å². The van der Waals surface area contributed by atoms with E-state index in [1.807, 2.05) is 11.8 Å². The highest BCUT2D eigenvalue weighted by molar-refractivity contribution is 7.99. The molecule has 1 amide bonds. The van der Waals surface area contributed by atoms with Gasteiger partial charge in [0.05, 0.1) is 0 Å². The molecule has 2 atom stereocenters. The standard InChI is InChI=1S/C13H24N2OS/c1-10-3-2-6-15(12(10)9-14)13(16)11-4-7-17-8-5-11/h10-12H,2-9,14H2,1H3/t10-,12+/m1/s1. The Balaban J connectivity index is 2.00. The molecular formula is C13H24N2OS. The van der Waals surface area contributed by atoms with E-state index in [-0.39, 0.29) is 12.0 Å². The van der Waals surface area contributed by atoms with Crippen LogP contribution < -0.4 is 5.73 Å². The SMILES string of the molecule is C[C@@H]1CCCN(C(=O)C2CCSCC2)[C@H]1CN. The number of likely N-dealkylation sites (tertiary alicyclic amines) is 1. The lowest BCUT2D eigenvalue weighted by Crippen LogP contribution is -2.53. The summed E-state index contributed by atoms with van der Waals surface area (Å²) in [5.41, 5.74) is 5.85. The molecule has 2 heterocycles. The first kappa shape index (κ1) is 13.2. The van der Waals surface area contributed by atoms with Crippen molar-refractivity contribution in [3.63, 3.8) is 0 Å². The highest BCUT2D eigenvalue weighted by Crippen LogP contribution is 2.29. The van der Waals surface area contributed by atoms with Gasteiger partial charge in [-0.25, -0.2) is 0 Å². The molecule has 98 valence electrons. The molecule has 0 spiro atoms. The van der Waals surface area contributed by atoms with E-state index >= 15 is 0 Å². The number of nitrogens with zero attached hydrogens (tertiary/aromatic N) is 1. The molecule has 2 aliphatic rings. The molecule has 3 nitrogen and oxygen atoms in total. The second-order valence-corrected chi connectivity index (χ2v) is 6.57. The van der Waals surface area contributed by atoms with Gasteiger partial charge in [-0.15, -0.1) is 0 Å². The van der Waals surface area contributed by atoms with Crippen molar-refractivity contribution in [2.45, 2.75) is 38.6 Å². The van der Waals surface area contributed by atoms with Crippen LogP contribution in [0.1, 0.15) is 32.6 Å². The molecule has 0 aliphatic carbocycles. The molecule has 2 N–H and O–H groups in total. The van der Waals surface area contributed by atoms with Crippen LogP contribution in [0.25, 0.3) is 0 Å². The van der Waals surface area contributed by atoms with Crippen molar-refractivity contribution in [2.24, 2.45) is 17.6 Å². The molecule has 2 aliphatic heterocycles. The van der Waals surface area contributed by atoms with Gasteiger partial charge in [0.2, 0.25) is 5.91 Å². The first-order chi connectivity index (χ1) is 8.24. The van der Waals surface area contributed by atoms with E-state index < -0.39 is 0 Å². The Morgan fingerprint density at radius 1 is 1.35 bits per heavy atom. The molecule has 0 saturated carbocycles. The smallest absolute Gasteiger partial charge is 0.226 e. The van der Waals surface area contributed by atoms with Crippen LogP contribution in [0, 0.1) is 11.8 Å². The monoisotopic (exact) mass is 256 g/mol. The van der Waals surface area contributed by atoms with Crippen LogP contribution in [0.2, 0.25) is 0 Å². The number of rotatable bonds is 2. The molecule has 0 aromatic rings. The Bertz CT molecular complexity index is 266. The van der Waals surface area contributed by atoms with Gasteiger partial charge in [0.25, 0.3) is 0 Å². The summed E-state index contributed by atoms with van der Waals surface area (Å²) in [5, 5.41) is 0. The summed E-state index contributed by atoms with van der Waals surface area (Å²) in [5.74, 6) is 3.51. The molecule has 2 fully saturated rings. The third-order valence-corrected chi connectivity index (χ3v) is 5.26. The summed E-state index contributed by atoms with van der Waals surface area (Å²) in [6.45, 7) is 3.77. The number of hydrogen-bond acceptors (Lipinski definition) is 3. The minimum atomic E-state index is 0.274. The highest BCUT2D eigenvalue weighted by Gasteiger charge is 2.34. The van der Waals surface area contributed by atoms with E-state index in [4.69, 9.17) is 5.73 Å². The van der Waals surface area contributed by atoms with E-state index in [0.29, 0.717) is 18.4 Å². The average molecular weight is 256 g/mol. The van der Waals surface area contributed by atoms with Crippen molar-refractivity contribution in [3.8, 4) is 0 Å². The van der Waals surface area contributed by atoms with Crippen LogP contribution >= 0.6 is 11.8 Å². The fraction of sp³-hybridized carbons (Fsp3) is 0.923. The van der Waals surface area contributed by atoms with Gasteiger partial charge in [0.1, 0.15) is 0 Å². The quantitative estimate of drug-likeness (QED) is 0.818. The molecule has 17 heavy (non-hydrogen) atoms. The van der Waals surface area contributed by atoms with Crippen LogP contribution in [0.5, 0.6) is 0 Å². The van der Waals surface area contributed by atoms with Crippen molar-refractivity contribution < 1.29 is 4.79 Å². The summed E-state index contributed by atoms with van der Waals surface area (Å²) in [6.07, 6.45) is 4.48. The van der Waals surface area contributed by atoms with E-state index in [2.05, 4.69) is 11.8 Å². The van der Waals surface area contributed by atoms with Crippen LogP contribution in [-0.4, -0.2) is 41.4 Å². The Morgan fingerprint density at radius 2 is 2.06 bits per heavy atom. The number of carbonyl (C=O) groups excluding carboxylic acids is 1. The molecule has 0 aromatic carbocycles. The fourth-order valence-electron chi connectivity index (χ4n) is 3.06. The first-order valence-corrected chi connectivity index (χ1v) is 7.97. The van der Waals surface area contributed by atoms with E-state index in [1.165, 1.54) is 6.42 Å². The van der Waals surface area contributed by atoms with Crippen molar-refractivity contribution in [1.29, 1.82) is 0 Å².